The molecule has 3 heteroatoms. The minimum atomic E-state index is 0.357. The lowest BCUT2D eigenvalue weighted by Crippen LogP contribution is -2.47. The molecule has 3 atom stereocenters. The van der Waals surface area contributed by atoms with Gasteiger partial charge in [0.05, 0.1) is 11.6 Å². The number of rotatable bonds is 3. The molecule has 1 aromatic carbocycles. The van der Waals surface area contributed by atoms with E-state index in [-0.39, 0.29) is 0 Å². The topological polar surface area (TPSA) is 39.1 Å². The third-order valence-electron chi connectivity index (χ3n) is 5.12. The summed E-state index contributed by atoms with van der Waals surface area (Å²) in [5.74, 6) is 0. The number of nitrogens with one attached hydrogen (secondary N) is 1. The zero-order valence-corrected chi connectivity index (χ0v) is 12.3. The molecule has 2 heterocycles. The van der Waals surface area contributed by atoms with Crippen LogP contribution >= 0.6 is 0 Å². The molecule has 2 aliphatic rings. The van der Waals surface area contributed by atoms with E-state index in [1.165, 1.54) is 31.2 Å². The quantitative estimate of drug-likeness (QED) is 0.917. The van der Waals surface area contributed by atoms with Gasteiger partial charge in [0.25, 0.3) is 0 Å². The second-order valence-corrected chi connectivity index (χ2v) is 6.34. The van der Waals surface area contributed by atoms with Crippen LogP contribution in [0.4, 0.5) is 0 Å². The van der Waals surface area contributed by atoms with Crippen LogP contribution in [0, 0.1) is 11.3 Å². The zero-order valence-electron chi connectivity index (χ0n) is 12.3. The molecule has 0 radical (unpaired) electrons. The van der Waals surface area contributed by atoms with Crippen LogP contribution in [0.2, 0.25) is 0 Å². The molecule has 0 aliphatic carbocycles. The molecule has 2 bridgehead atoms. The molecule has 2 saturated heterocycles. The number of hydrogen-bond donors (Lipinski definition) is 1. The van der Waals surface area contributed by atoms with Gasteiger partial charge in [-0.15, -0.1) is 0 Å². The average molecular weight is 269 g/mol. The lowest BCUT2D eigenvalue weighted by Gasteiger charge is -2.38. The van der Waals surface area contributed by atoms with Gasteiger partial charge in [0.2, 0.25) is 0 Å². The van der Waals surface area contributed by atoms with Gasteiger partial charge in [-0.1, -0.05) is 12.1 Å². The van der Waals surface area contributed by atoms with Crippen LogP contribution in [0.1, 0.15) is 49.8 Å². The largest absolute Gasteiger partial charge is 0.307 e. The Hall–Kier alpha value is -1.37. The van der Waals surface area contributed by atoms with Crippen LogP contribution < -0.4 is 5.32 Å². The molecule has 2 fully saturated rings. The van der Waals surface area contributed by atoms with Gasteiger partial charge in [-0.25, -0.2) is 0 Å². The minimum Gasteiger partial charge on any atom is -0.307 e. The monoisotopic (exact) mass is 269 g/mol. The van der Waals surface area contributed by atoms with Crippen LogP contribution in [-0.4, -0.2) is 30.1 Å². The molecule has 3 rings (SSSR count). The number of benzene rings is 1. The molecule has 2 aliphatic heterocycles. The molecule has 0 saturated carbocycles. The van der Waals surface area contributed by atoms with Crippen molar-refractivity contribution >= 4 is 0 Å². The highest BCUT2D eigenvalue weighted by Gasteiger charge is 2.38. The fraction of sp³-hybridized carbons (Fsp3) is 0.588. The standard InChI is InChI=1S/C17H23N3/c1-12(14-5-3-13(11-18)4-6-14)19-15-9-16-7-8-17(10-15)20(16)2/h3-6,12,15-17,19H,7-10H2,1-2H3. The summed E-state index contributed by atoms with van der Waals surface area (Å²) >= 11 is 0. The van der Waals surface area contributed by atoms with Crippen molar-refractivity contribution in [1.29, 1.82) is 5.26 Å². The van der Waals surface area contributed by atoms with E-state index in [1.807, 2.05) is 12.1 Å². The van der Waals surface area contributed by atoms with Gasteiger partial charge in [0.15, 0.2) is 0 Å². The van der Waals surface area contributed by atoms with Gasteiger partial charge >= 0.3 is 0 Å². The Balaban J connectivity index is 1.61. The molecule has 1 aromatic rings. The van der Waals surface area contributed by atoms with Crippen molar-refractivity contribution in [2.24, 2.45) is 0 Å². The number of nitrogens with zero attached hydrogens (tertiary/aromatic N) is 2. The third-order valence-corrected chi connectivity index (χ3v) is 5.12. The number of hydrogen-bond acceptors (Lipinski definition) is 3. The highest BCUT2D eigenvalue weighted by Crippen LogP contribution is 2.34. The molecule has 20 heavy (non-hydrogen) atoms. The van der Waals surface area contributed by atoms with Crippen LogP contribution in [0.25, 0.3) is 0 Å². The number of nitriles is 1. The van der Waals surface area contributed by atoms with Crippen molar-refractivity contribution < 1.29 is 0 Å². The maximum atomic E-state index is 8.85. The van der Waals surface area contributed by atoms with Crippen molar-refractivity contribution in [2.75, 3.05) is 7.05 Å². The second-order valence-electron chi connectivity index (χ2n) is 6.34. The fourth-order valence-corrected chi connectivity index (χ4v) is 3.84. The highest BCUT2D eigenvalue weighted by molar-refractivity contribution is 5.32. The Labute approximate surface area is 121 Å². The normalized spacial score (nSPS) is 30.9. The van der Waals surface area contributed by atoms with Crippen molar-refractivity contribution in [3.05, 3.63) is 35.4 Å². The molecule has 3 nitrogen and oxygen atoms in total. The van der Waals surface area contributed by atoms with Crippen molar-refractivity contribution in [2.45, 2.75) is 56.8 Å². The Morgan fingerprint density at radius 1 is 1.20 bits per heavy atom. The first kappa shape index (κ1) is 13.6. The van der Waals surface area contributed by atoms with E-state index < -0.39 is 0 Å². The molecule has 0 amide bonds. The van der Waals surface area contributed by atoms with Crippen LogP contribution in [0.3, 0.4) is 0 Å². The molecule has 3 unspecified atom stereocenters. The second kappa shape index (κ2) is 5.55. The van der Waals surface area contributed by atoms with Gasteiger partial charge in [-0.05, 0) is 57.4 Å². The summed E-state index contributed by atoms with van der Waals surface area (Å²) < 4.78 is 0. The first-order valence-corrected chi connectivity index (χ1v) is 7.65. The molecule has 0 spiro atoms. The summed E-state index contributed by atoms with van der Waals surface area (Å²) in [4.78, 5) is 2.57. The predicted molar refractivity (Wildman–Crippen MR) is 80.3 cm³/mol. The van der Waals surface area contributed by atoms with Crippen molar-refractivity contribution in [3.63, 3.8) is 0 Å². The lowest BCUT2D eigenvalue weighted by atomic mass is 9.96. The van der Waals surface area contributed by atoms with E-state index in [1.54, 1.807) is 0 Å². The smallest absolute Gasteiger partial charge is 0.0991 e. The van der Waals surface area contributed by atoms with Gasteiger partial charge < -0.3 is 10.2 Å². The molecular weight excluding hydrogens is 246 g/mol. The maximum Gasteiger partial charge on any atom is 0.0991 e. The van der Waals surface area contributed by atoms with Crippen LogP contribution in [0.5, 0.6) is 0 Å². The molecule has 106 valence electrons. The fourth-order valence-electron chi connectivity index (χ4n) is 3.84. The van der Waals surface area contributed by atoms with Crippen LogP contribution in [-0.2, 0) is 0 Å². The van der Waals surface area contributed by atoms with E-state index in [2.05, 4.69) is 42.4 Å². The summed E-state index contributed by atoms with van der Waals surface area (Å²) in [5, 5.41) is 12.6. The summed E-state index contributed by atoms with van der Waals surface area (Å²) in [5.41, 5.74) is 2.01. The SMILES string of the molecule is CC(NC1CC2CCC(C1)N2C)c1ccc(C#N)cc1. The Morgan fingerprint density at radius 2 is 1.80 bits per heavy atom. The molecule has 0 aromatic heterocycles. The van der Waals surface area contributed by atoms with Gasteiger partial charge in [-0.2, -0.15) is 5.26 Å². The average Bonchev–Trinajstić information content (AvgIpc) is 2.69. The number of piperidine rings is 1. The van der Waals surface area contributed by atoms with Crippen molar-refractivity contribution in [1.82, 2.24) is 10.2 Å². The van der Waals surface area contributed by atoms with E-state index in [0.717, 1.165) is 17.6 Å². The van der Waals surface area contributed by atoms with E-state index in [0.29, 0.717) is 12.1 Å². The molecular formula is C17H23N3. The summed E-state index contributed by atoms with van der Waals surface area (Å²) in [6.45, 7) is 2.22. The Morgan fingerprint density at radius 3 is 2.35 bits per heavy atom. The lowest BCUT2D eigenvalue weighted by molar-refractivity contribution is 0.144. The zero-order chi connectivity index (χ0) is 14.1. The summed E-state index contributed by atoms with van der Waals surface area (Å²) in [6, 6.07) is 12.7. The van der Waals surface area contributed by atoms with Gasteiger partial charge in [0, 0.05) is 24.2 Å². The third kappa shape index (κ3) is 2.59. The van der Waals surface area contributed by atoms with Crippen molar-refractivity contribution in [3.8, 4) is 6.07 Å². The number of fused-ring (bicyclic) bond motifs is 2. The summed E-state index contributed by atoms with van der Waals surface area (Å²) in [7, 11) is 2.28. The first-order chi connectivity index (χ1) is 9.67. The minimum absolute atomic E-state index is 0.357. The van der Waals surface area contributed by atoms with Gasteiger partial charge in [-0.3, -0.25) is 0 Å². The Kier molecular flexibility index (Phi) is 3.78. The van der Waals surface area contributed by atoms with Crippen LogP contribution in [0.15, 0.2) is 24.3 Å². The van der Waals surface area contributed by atoms with Gasteiger partial charge in [0.1, 0.15) is 0 Å². The molecule has 1 N–H and O–H groups in total. The van der Waals surface area contributed by atoms with E-state index in [9.17, 15) is 0 Å². The summed E-state index contributed by atoms with van der Waals surface area (Å²) in [6.07, 6.45) is 5.27. The Bertz CT molecular complexity index is 488. The van der Waals surface area contributed by atoms with E-state index >= 15 is 0 Å². The maximum absolute atomic E-state index is 8.85. The first-order valence-electron chi connectivity index (χ1n) is 7.65. The van der Waals surface area contributed by atoms with E-state index in [4.69, 9.17) is 5.26 Å². The highest BCUT2D eigenvalue weighted by atomic mass is 15.2. The predicted octanol–water partition coefficient (Wildman–Crippen LogP) is 2.83.